The van der Waals surface area contributed by atoms with Gasteiger partial charge in [-0.15, -0.1) is 0 Å². The fourth-order valence-corrected chi connectivity index (χ4v) is 6.25. The molecule has 1 heterocycles. The highest BCUT2D eigenvalue weighted by atomic mass is 15.1. The summed E-state index contributed by atoms with van der Waals surface area (Å²) in [4.78, 5) is 9.83. The van der Waals surface area contributed by atoms with Gasteiger partial charge in [0.1, 0.15) is 11.7 Å². The minimum atomic E-state index is 0.171. The molecule has 4 heteroatoms. The topological polar surface area (TPSA) is 56.2 Å². The highest BCUT2D eigenvalue weighted by Gasteiger charge is 2.37. The summed E-state index contributed by atoms with van der Waals surface area (Å²) in [5.41, 5.74) is 14.1. The fraction of sp³-hybridized carbons (Fsp3) is 0.548. The van der Waals surface area contributed by atoms with Crippen LogP contribution in [0, 0.1) is 0 Å². The Morgan fingerprint density at radius 1 is 0.943 bits per heavy atom. The van der Waals surface area contributed by atoms with E-state index in [0.717, 1.165) is 16.9 Å². The molecule has 35 heavy (non-hydrogen) atoms. The number of hydrogen-bond acceptors (Lipinski definition) is 2. The van der Waals surface area contributed by atoms with Gasteiger partial charge in [-0.1, -0.05) is 59.1 Å². The Hall–Kier alpha value is -2.62. The van der Waals surface area contributed by atoms with Crippen molar-refractivity contribution >= 4 is 16.9 Å². The van der Waals surface area contributed by atoms with E-state index in [9.17, 15) is 0 Å². The molecule has 2 aliphatic rings. The van der Waals surface area contributed by atoms with Crippen molar-refractivity contribution in [2.24, 2.45) is 10.7 Å². The van der Waals surface area contributed by atoms with Crippen LogP contribution in [0.4, 0.5) is 0 Å². The Balaban J connectivity index is 1.69. The third-order valence-corrected chi connectivity index (χ3v) is 8.43. The fourth-order valence-electron chi connectivity index (χ4n) is 6.25. The van der Waals surface area contributed by atoms with Crippen molar-refractivity contribution in [2.75, 3.05) is 0 Å². The van der Waals surface area contributed by atoms with Gasteiger partial charge in [0.05, 0.1) is 11.0 Å². The quantitative estimate of drug-likeness (QED) is 0.314. The molecular weight excluding hydrogens is 428 g/mol. The minimum absolute atomic E-state index is 0.171. The second kappa shape index (κ2) is 8.80. The summed E-state index contributed by atoms with van der Waals surface area (Å²) < 4.78 is 2.54. The lowest BCUT2D eigenvalue weighted by atomic mass is 9.63. The van der Waals surface area contributed by atoms with Crippen LogP contribution in [0.3, 0.4) is 0 Å². The second-order valence-electron chi connectivity index (χ2n) is 12.4. The first kappa shape index (κ1) is 24.1. The van der Waals surface area contributed by atoms with Gasteiger partial charge in [0.15, 0.2) is 0 Å². The molecule has 1 fully saturated rings. The summed E-state index contributed by atoms with van der Waals surface area (Å²) in [7, 11) is 0. The van der Waals surface area contributed by atoms with Gasteiger partial charge < -0.3 is 10.3 Å². The summed E-state index contributed by atoms with van der Waals surface area (Å²) in [5.74, 6) is 1.69. The van der Waals surface area contributed by atoms with E-state index in [1.807, 2.05) is 0 Å². The van der Waals surface area contributed by atoms with Crippen LogP contribution in [-0.4, -0.2) is 21.4 Å². The van der Waals surface area contributed by atoms with Crippen LogP contribution >= 0.6 is 0 Å². The van der Waals surface area contributed by atoms with E-state index in [4.69, 9.17) is 10.7 Å². The van der Waals surface area contributed by atoms with Gasteiger partial charge in [-0.05, 0) is 85.8 Å². The number of imidazole rings is 1. The Morgan fingerprint density at radius 2 is 1.63 bits per heavy atom. The van der Waals surface area contributed by atoms with Gasteiger partial charge in [0.25, 0.3) is 0 Å². The van der Waals surface area contributed by atoms with Gasteiger partial charge >= 0.3 is 0 Å². The Kier molecular flexibility index (Phi) is 6.05. The van der Waals surface area contributed by atoms with Crippen LogP contribution in [0.5, 0.6) is 0 Å². The Labute approximate surface area is 211 Å². The first-order valence-electron chi connectivity index (χ1n) is 13.6. The first-order valence-corrected chi connectivity index (χ1v) is 13.6. The molecular formula is C31H42N4. The molecule has 0 atom stereocenters. The Morgan fingerprint density at radius 3 is 2.31 bits per heavy atom. The first-order chi connectivity index (χ1) is 16.6. The van der Waals surface area contributed by atoms with Crippen LogP contribution in [0.25, 0.3) is 22.4 Å². The number of rotatable bonds is 4. The van der Waals surface area contributed by atoms with Crippen molar-refractivity contribution in [3.8, 4) is 11.4 Å². The summed E-state index contributed by atoms with van der Waals surface area (Å²) >= 11 is 0. The van der Waals surface area contributed by atoms with Crippen LogP contribution in [-0.2, 0) is 10.8 Å². The standard InChI is InChI=1S/C31H42N4/c1-20(2)33-28(32)21-13-15-27-26(19-21)34-29(35(27)23-10-8-7-9-11-23)22-12-14-24-25(18-22)31(5,6)17-16-30(24,3)4/h12-15,18-20,23H,7-11,16-17H2,1-6H3,(H2,32,33). The normalized spacial score (nSPS) is 20.4. The lowest BCUT2D eigenvalue weighted by molar-refractivity contribution is 0.332. The van der Waals surface area contributed by atoms with Crippen molar-refractivity contribution in [3.63, 3.8) is 0 Å². The van der Waals surface area contributed by atoms with E-state index in [1.54, 1.807) is 0 Å². The number of aromatic nitrogens is 2. The van der Waals surface area contributed by atoms with Crippen LogP contribution < -0.4 is 5.73 Å². The van der Waals surface area contributed by atoms with Gasteiger partial charge in [0, 0.05) is 23.2 Å². The zero-order valence-electron chi connectivity index (χ0n) is 22.5. The van der Waals surface area contributed by atoms with E-state index in [0.29, 0.717) is 11.9 Å². The smallest absolute Gasteiger partial charge is 0.141 e. The van der Waals surface area contributed by atoms with Gasteiger partial charge in [0.2, 0.25) is 0 Å². The lowest BCUT2D eigenvalue weighted by Gasteiger charge is -2.42. The summed E-state index contributed by atoms with van der Waals surface area (Å²) in [6, 6.07) is 14.3. The van der Waals surface area contributed by atoms with E-state index in [2.05, 4.69) is 87.5 Å². The average Bonchev–Trinajstić information content (AvgIpc) is 3.21. The van der Waals surface area contributed by atoms with Crippen LogP contribution in [0.2, 0.25) is 0 Å². The number of nitrogens with two attached hydrogens (primary N) is 1. The molecule has 0 radical (unpaired) electrons. The van der Waals surface area contributed by atoms with E-state index >= 15 is 0 Å². The average molecular weight is 471 g/mol. The summed E-state index contributed by atoms with van der Waals surface area (Å²) in [5, 5.41) is 0. The number of fused-ring (bicyclic) bond motifs is 2. The molecule has 5 rings (SSSR count). The predicted molar refractivity (Wildman–Crippen MR) is 148 cm³/mol. The molecule has 2 aliphatic carbocycles. The molecule has 0 aliphatic heterocycles. The molecule has 4 nitrogen and oxygen atoms in total. The van der Waals surface area contributed by atoms with Crippen molar-refractivity contribution in [2.45, 2.75) is 109 Å². The monoisotopic (exact) mass is 470 g/mol. The second-order valence-corrected chi connectivity index (χ2v) is 12.4. The number of aliphatic imine (C=N–C) groups is 1. The zero-order chi connectivity index (χ0) is 25.0. The third kappa shape index (κ3) is 4.41. The van der Waals surface area contributed by atoms with Gasteiger partial charge in [-0.2, -0.15) is 0 Å². The molecule has 2 N–H and O–H groups in total. The molecule has 0 spiro atoms. The van der Waals surface area contributed by atoms with Crippen molar-refractivity contribution in [1.29, 1.82) is 0 Å². The maximum Gasteiger partial charge on any atom is 0.141 e. The van der Waals surface area contributed by atoms with Crippen molar-refractivity contribution in [3.05, 3.63) is 53.1 Å². The molecule has 186 valence electrons. The zero-order valence-corrected chi connectivity index (χ0v) is 22.5. The molecule has 0 saturated heterocycles. The summed E-state index contributed by atoms with van der Waals surface area (Å²) in [6.07, 6.45) is 8.82. The SMILES string of the molecule is CC(C)N=C(N)c1ccc2c(c1)nc(-c1ccc3c(c1)C(C)(C)CCC3(C)C)n2C1CCCCC1. The molecule has 0 unspecified atom stereocenters. The number of amidine groups is 1. The summed E-state index contributed by atoms with van der Waals surface area (Å²) in [6.45, 7) is 13.7. The largest absolute Gasteiger partial charge is 0.383 e. The minimum Gasteiger partial charge on any atom is -0.383 e. The number of benzene rings is 2. The maximum absolute atomic E-state index is 6.33. The molecule has 1 aromatic heterocycles. The number of nitrogens with zero attached hydrogens (tertiary/aromatic N) is 3. The molecule has 3 aromatic rings. The highest BCUT2D eigenvalue weighted by Crippen LogP contribution is 2.47. The van der Waals surface area contributed by atoms with Crippen LogP contribution in [0.15, 0.2) is 41.4 Å². The lowest BCUT2D eigenvalue weighted by Crippen LogP contribution is -2.33. The van der Waals surface area contributed by atoms with Crippen LogP contribution in [0.1, 0.15) is 109 Å². The molecule has 1 saturated carbocycles. The van der Waals surface area contributed by atoms with E-state index < -0.39 is 0 Å². The molecule has 2 aromatic carbocycles. The third-order valence-electron chi connectivity index (χ3n) is 8.43. The highest BCUT2D eigenvalue weighted by molar-refractivity contribution is 6.00. The maximum atomic E-state index is 6.33. The van der Waals surface area contributed by atoms with Gasteiger partial charge in [-0.3, -0.25) is 4.99 Å². The number of hydrogen-bond donors (Lipinski definition) is 1. The van der Waals surface area contributed by atoms with Crippen molar-refractivity contribution < 1.29 is 0 Å². The van der Waals surface area contributed by atoms with E-state index in [1.165, 1.54) is 67.2 Å². The Bertz CT molecular complexity index is 1270. The molecule has 0 amide bonds. The molecule has 0 bridgehead atoms. The van der Waals surface area contributed by atoms with E-state index in [-0.39, 0.29) is 16.9 Å². The van der Waals surface area contributed by atoms with Crippen molar-refractivity contribution in [1.82, 2.24) is 9.55 Å². The predicted octanol–water partition coefficient (Wildman–Crippen LogP) is 7.67. The van der Waals surface area contributed by atoms with Gasteiger partial charge in [-0.25, -0.2) is 4.98 Å².